The number of carbonyl (C=O) groups excluding carboxylic acids is 1. The van der Waals surface area contributed by atoms with E-state index in [1.165, 1.54) is 12.1 Å². The zero-order chi connectivity index (χ0) is 23.4. The van der Waals surface area contributed by atoms with Crippen LogP contribution in [0.2, 0.25) is 5.02 Å². The van der Waals surface area contributed by atoms with Gasteiger partial charge in [-0.3, -0.25) is 14.9 Å². The van der Waals surface area contributed by atoms with Crippen molar-refractivity contribution in [2.45, 2.75) is 6.54 Å². The Morgan fingerprint density at radius 3 is 2.52 bits per heavy atom. The molecule has 166 valence electrons. The number of nitrogens with zero attached hydrogens (tertiary/aromatic N) is 4. The lowest BCUT2D eigenvalue weighted by Crippen LogP contribution is -2.17. The Hall–Kier alpha value is -4.24. The lowest BCUT2D eigenvalue weighted by molar-refractivity contribution is -0.384. The SMILES string of the molecule is COc1ccc(-c2nc(NCc3ccccc3)n(C(=O)c3ccc(Cl)c([N+](=O)[O-])c3)n2)cc1. The average molecular weight is 464 g/mol. The molecule has 0 unspecified atom stereocenters. The van der Waals surface area contributed by atoms with E-state index in [-0.39, 0.29) is 22.2 Å². The fraction of sp³-hybridized carbons (Fsp3) is 0.0870. The van der Waals surface area contributed by atoms with E-state index in [0.717, 1.165) is 16.3 Å². The summed E-state index contributed by atoms with van der Waals surface area (Å²) in [6.07, 6.45) is 0. The molecule has 0 aliphatic carbocycles. The molecule has 1 N–H and O–H groups in total. The monoisotopic (exact) mass is 463 g/mol. The topological polar surface area (TPSA) is 112 Å². The minimum atomic E-state index is -0.641. The standard InChI is InChI=1S/C23H18ClN5O4/c1-33-18-10-7-16(8-11-18)21-26-23(25-14-15-5-3-2-4-6-15)28(27-21)22(30)17-9-12-19(24)20(13-17)29(31)32/h2-13H,14H2,1H3,(H,25,26,27). The van der Waals surface area contributed by atoms with E-state index < -0.39 is 10.8 Å². The second-order valence-corrected chi connectivity index (χ2v) is 7.37. The van der Waals surface area contributed by atoms with Crippen LogP contribution >= 0.6 is 11.6 Å². The molecular weight excluding hydrogens is 446 g/mol. The molecule has 0 aliphatic rings. The van der Waals surface area contributed by atoms with Gasteiger partial charge in [0.1, 0.15) is 10.8 Å². The normalized spacial score (nSPS) is 10.6. The van der Waals surface area contributed by atoms with Crippen molar-refractivity contribution in [2.75, 3.05) is 12.4 Å². The first-order valence-corrected chi connectivity index (χ1v) is 10.2. The smallest absolute Gasteiger partial charge is 0.288 e. The molecule has 4 rings (SSSR count). The summed E-state index contributed by atoms with van der Waals surface area (Å²) in [4.78, 5) is 28.3. The summed E-state index contributed by atoms with van der Waals surface area (Å²) in [5.41, 5.74) is 1.34. The van der Waals surface area contributed by atoms with E-state index in [9.17, 15) is 14.9 Å². The van der Waals surface area contributed by atoms with Crippen LogP contribution in [-0.4, -0.2) is 32.7 Å². The second kappa shape index (κ2) is 9.49. The molecule has 0 spiro atoms. The number of methoxy groups -OCH3 is 1. The van der Waals surface area contributed by atoms with Crippen molar-refractivity contribution in [1.29, 1.82) is 0 Å². The molecule has 4 aromatic rings. The van der Waals surface area contributed by atoms with Crippen LogP contribution in [0, 0.1) is 10.1 Å². The molecule has 0 saturated heterocycles. The summed E-state index contributed by atoms with van der Waals surface area (Å²) >= 11 is 5.89. The first kappa shape index (κ1) is 22.0. The number of ether oxygens (including phenoxy) is 1. The molecule has 33 heavy (non-hydrogen) atoms. The molecular formula is C23H18ClN5O4. The molecule has 9 nitrogen and oxygen atoms in total. The number of hydrogen-bond donors (Lipinski definition) is 1. The number of aromatic nitrogens is 3. The molecule has 10 heteroatoms. The van der Waals surface area contributed by atoms with Crippen LogP contribution in [0.25, 0.3) is 11.4 Å². The van der Waals surface area contributed by atoms with E-state index in [4.69, 9.17) is 16.3 Å². The van der Waals surface area contributed by atoms with E-state index >= 15 is 0 Å². The van der Waals surface area contributed by atoms with Crippen molar-refractivity contribution in [1.82, 2.24) is 14.8 Å². The largest absolute Gasteiger partial charge is 0.497 e. The van der Waals surface area contributed by atoms with Crippen molar-refractivity contribution >= 4 is 29.1 Å². The van der Waals surface area contributed by atoms with Crippen molar-refractivity contribution in [3.05, 3.63) is 99.1 Å². The molecule has 0 atom stereocenters. The molecule has 1 heterocycles. The van der Waals surface area contributed by atoms with Crippen molar-refractivity contribution in [3.63, 3.8) is 0 Å². The van der Waals surface area contributed by atoms with Gasteiger partial charge in [-0.05, 0) is 42.0 Å². The lowest BCUT2D eigenvalue weighted by Gasteiger charge is -2.07. The Bertz CT molecular complexity index is 1310. The maximum atomic E-state index is 13.2. The predicted octanol–water partition coefficient (Wildman–Crippen LogP) is 4.82. The third-order valence-corrected chi connectivity index (χ3v) is 5.15. The van der Waals surface area contributed by atoms with Crippen molar-refractivity contribution in [3.8, 4) is 17.1 Å². The van der Waals surface area contributed by atoms with Gasteiger partial charge in [0.15, 0.2) is 5.82 Å². The van der Waals surface area contributed by atoms with Crippen LogP contribution in [0.1, 0.15) is 15.9 Å². The molecule has 0 aliphatic heterocycles. The number of nitrogens with one attached hydrogen (secondary N) is 1. The maximum Gasteiger partial charge on any atom is 0.288 e. The van der Waals surface area contributed by atoms with E-state index in [1.54, 1.807) is 31.4 Å². The average Bonchev–Trinajstić information content (AvgIpc) is 3.27. The first-order chi connectivity index (χ1) is 16.0. The Labute approximate surface area is 193 Å². The van der Waals surface area contributed by atoms with Gasteiger partial charge < -0.3 is 10.1 Å². The van der Waals surface area contributed by atoms with Crippen LogP contribution < -0.4 is 10.1 Å². The van der Waals surface area contributed by atoms with Gasteiger partial charge in [-0.2, -0.15) is 9.67 Å². The summed E-state index contributed by atoms with van der Waals surface area (Å²) in [5.74, 6) is 0.597. The summed E-state index contributed by atoms with van der Waals surface area (Å²) in [7, 11) is 1.57. The minimum Gasteiger partial charge on any atom is -0.497 e. The highest BCUT2D eigenvalue weighted by Gasteiger charge is 2.22. The van der Waals surface area contributed by atoms with Gasteiger partial charge in [-0.25, -0.2) is 0 Å². The van der Waals surface area contributed by atoms with Crippen LogP contribution in [0.3, 0.4) is 0 Å². The van der Waals surface area contributed by atoms with Crippen LogP contribution in [0.4, 0.5) is 11.6 Å². The fourth-order valence-electron chi connectivity index (χ4n) is 3.12. The zero-order valence-corrected chi connectivity index (χ0v) is 18.2. The number of benzene rings is 3. The number of anilines is 1. The van der Waals surface area contributed by atoms with Crippen molar-refractivity contribution < 1.29 is 14.5 Å². The highest BCUT2D eigenvalue weighted by molar-refractivity contribution is 6.32. The highest BCUT2D eigenvalue weighted by atomic mass is 35.5. The molecule has 3 aromatic carbocycles. The van der Waals surface area contributed by atoms with Gasteiger partial charge in [-0.1, -0.05) is 41.9 Å². The van der Waals surface area contributed by atoms with Gasteiger partial charge in [0, 0.05) is 23.7 Å². The fourth-order valence-corrected chi connectivity index (χ4v) is 3.30. The van der Waals surface area contributed by atoms with Gasteiger partial charge in [-0.15, -0.1) is 5.10 Å². The summed E-state index contributed by atoms with van der Waals surface area (Å²) in [6, 6.07) is 20.5. The van der Waals surface area contributed by atoms with Gasteiger partial charge >= 0.3 is 0 Å². The molecule has 0 amide bonds. The number of carbonyl (C=O) groups is 1. The second-order valence-electron chi connectivity index (χ2n) is 6.97. The van der Waals surface area contributed by atoms with E-state index in [0.29, 0.717) is 23.7 Å². The summed E-state index contributed by atoms with van der Waals surface area (Å²) in [5, 5.41) is 18.7. The molecule has 0 saturated carbocycles. The predicted molar refractivity (Wildman–Crippen MR) is 124 cm³/mol. The van der Waals surface area contributed by atoms with Crippen LogP contribution in [0.15, 0.2) is 72.8 Å². The van der Waals surface area contributed by atoms with E-state index in [1.807, 2.05) is 30.3 Å². The molecule has 0 fully saturated rings. The van der Waals surface area contributed by atoms with Gasteiger partial charge in [0.25, 0.3) is 11.6 Å². The third kappa shape index (κ3) is 4.83. The molecule has 0 bridgehead atoms. The van der Waals surface area contributed by atoms with Crippen molar-refractivity contribution in [2.24, 2.45) is 0 Å². The Morgan fingerprint density at radius 1 is 1.12 bits per heavy atom. The number of halogens is 1. The van der Waals surface area contributed by atoms with Gasteiger partial charge in [0.05, 0.1) is 12.0 Å². The summed E-state index contributed by atoms with van der Waals surface area (Å²) in [6.45, 7) is 0.398. The Morgan fingerprint density at radius 2 is 1.85 bits per heavy atom. The Balaban J connectivity index is 1.72. The molecule has 0 radical (unpaired) electrons. The number of hydrogen-bond acceptors (Lipinski definition) is 7. The highest BCUT2D eigenvalue weighted by Crippen LogP contribution is 2.27. The quantitative estimate of drug-likeness (QED) is 0.309. The number of rotatable bonds is 7. The van der Waals surface area contributed by atoms with Crippen LogP contribution in [-0.2, 0) is 6.54 Å². The maximum absolute atomic E-state index is 13.2. The lowest BCUT2D eigenvalue weighted by atomic mass is 10.2. The molecule has 1 aromatic heterocycles. The van der Waals surface area contributed by atoms with E-state index in [2.05, 4.69) is 15.4 Å². The third-order valence-electron chi connectivity index (χ3n) is 4.83. The first-order valence-electron chi connectivity index (χ1n) is 9.84. The van der Waals surface area contributed by atoms with Crippen LogP contribution in [0.5, 0.6) is 5.75 Å². The number of nitro groups is 1. The minimum absolute atomic E-state index is 0.0556. The zero-order valence-electron chi connectivity index (χ0n) is 17.4. The number of nitro benzene ring substituents is 1. The summed E-state index contributed by atoms with van der Waals surface area (Å²) < 4.78 is 6.27. The van der Waals surface area contributed by atoms with Gasteiger partial charge in [0.2, 0.25) is 5.95 Å². The Kier molecular flexibility index (Phi) is 6.32.